The van der Waals surface area contributed by atoms with E-state index in [0.29, 0.717) is 5.69 Å². The summed E-state index contributed by atoms with van der Waals surface area (Å²) in [6.07, 6.45) is 4.09. The molecule has 19 heavy (non-hydrogen) atoms. The first-order valence-corrected chi connectivity index (χ1v) is 6.47. The molecule has 2 rings (SSSR count). The quantitative estimate of drug-likeness (QED) is 0.813. The predicted molar refractivity (Wildman–Crippen MR) is 74.2 cm³/mol. The Morgan fingerprint density at radius 3 is 2.84 bits per heavy atom. The normalized spacial score (nSPS) is 16.4. The molecule has 0 aromatic carbocycles. The van der Waals surface area contributed by atoms with Gasteiger partial charge in [0.05, 0.1) is 18.5 Å². The number of anilines is 2. The van der Waals surface area contributed by atoms with Crippen molar-refractivity contribution in [2.24, 2.45) is 5.73 Å². The summed E-state index contributed by atoms with van der Waals surface area (Å²) in [5.74, 6) is 0.689. The molecule has 1 aliphatic rings. The molecule has 6 nitrogen and oxygen atoms in total. The zero-order valence-corrected chi connectivity index (χ0v) is 11.1. The lowest BCUT2D eigenvalue weighted by Gasteiger charge is -2.16. The van der Waals surface area contributed by atoms with E-state index in [1.165, 1.54) is 20.0 Å². The first kappa shape index (κ1) is 13.8. The fourth-order valence-electron chi connectivity index (χ4n) is 2.08. The fraction of sp³-hybridized carbons (Fsp3) is 0.538. The SMILES string of the molecule is COCC(N)C(=O)Nc1ccc(N2CCCC2)nc1. The molecule has 1 aromatic heterocycles. The Kier molecular flexibility index (Phi) is 4.70. The van der Waals surface area contributed by atoms with Gasteiger partial charge in [-0.05, 0) is 25.0 Å². The van der Waals surface area contributed by atoms with Gasteiger partial charge in [0.2, 0.25) is 5.91 Å². The van der Waals surface area contributed by atoms with E-state index in [4.69, 9.17) is 10.5 Å². The Bertz CT molecular complexity index is 415. The summed E-state index contributed by atoms with van der Waals surface area (Å²) in [7, 11) is 1.51. The zero-order valence-electron chi connectivity index (χ0n) is 11.1. The molecular weight excluding hydrogens is 244 g/mol. The van der Waals surface area contributed by atoms with Crippen LogP contribution in [0.25, 0.3) is 0 Å². The molecule has 0 spiro atoms. The zero-order chi connectivity index (χ0) is 13.7. The summed E-state index contributed by atoms with van der Waals surface area (Å²) in [5, 5.41) is 2.72. The summed E-state index contributed by atoms with van der Waals surface area (Å²) in [5.41, 5.74) is 6.29. The van der Waals surface area contributed by atoms with Crippen LogP contribution in [0.5, 0.6) is 0 Å². The molecule has 3 N–H and O–H groups in total. The minimum absolute atomic E-state index is 0.200. The number of methoxy groups -OCH3 is 1. The monoisotopic (exact) mass is 264 g/mol. The number of nitrogens with one attached hydrogen (secondary N) is 1. The molecule has 6 heteroatoms. The van der Waals surface area contributed by atoms with Crippen molar-refractivity contribution < 1.29 is 9.53 Å². The Morgan fingerprint density at radius 2 is 2.26 bits per heavy atom. The van der Waals surface area contributed by atoms with Gasteiger partial charge in [0, 0.05) is 20.2 Å². The smallest absolute Gasteiger partial charge is 0.243 e. The average molecular weight is 264 g/mol. The number of amides is 1. The van der Waals surface area contributed by atoms with Crippen molar-refractivity contribution in [3.05, 3.63) is 18.3 Å². The molecule has 104 valence electrons. The molecule has 1 amide bonds. The van der Waals surface area contributed by atoms with Gasteiger partial charge < -0.3 is 20.7 Å². The lowest BCUT2D eigenvalue weighted by atomic mass is 10.3. The van der Waals surface area contributed by atoms with Crippen molar-refractivity contribution in [1.29, 1.82) is 0 Å². The number of nitrogens with zero attached hydrogens (tertiary/aromatic N) is 2. The van der Waals surface area contributed by atoms with E-state index < -0.39 is 6.04 Å². The fourth-order valence-corrected chi connectivity index (χ4v) is 2.08. The lowest BCUT2D eigenvalue weighted by molar-refractivity contribution is -0.118. The van der Waals surface area contributed by atoms with Crippen molar-refractivity contribution in [2.75, 3.05) is 37.0 Å². The highest BCUT2D eigenvalue weighted by atomic mass is 16.5. The van der Waals surface area contributed by atoms with E-state index in [1.54, 1.807) is 6.20 Å². The van der Waals surface area contributed by atoms with Crippen molar-refractivity contribution >= 4 is 17.4 Å². The van der Waals surface area contributed by atoms with Gasteiger partial charge in [-0.25, -0.2) is 4.98 Å². The number of hydrogen-bond donors (Lipinski definition) is 2. The van der Waals surface area contributed by atoms with E-state index >= 15 is 0 Å². The first-order chi connectivity index (χ1) is 9.20. The predicted octanol–water partition coefficient (Wildman–Crippen LogP) is 0.594. The summed E-state index contributed by atoms with van der Waals surface area (Å²) >= 11 is 0. The first-order valence-electron chi connectivity index (χ1n) is 6.47. The molecule has 1 aliphatic heterocycles. The van der Waals surface area contributed by atoms with Gasteiger partial charge in [0.1, 0.15) is 11.9 Å². The molecule has 2 heterocycles. The Balaban J connectivity index is 1.92. The van der Waals surface area contributed by atoms with Crippen LogP contribution in [0.2, 0.25) is 0 Å². The second-order valence-electron chi connectivity index (χ2n) is 4.65. The van der Waals surface area contributed by atoms with Crippen molar-refractivity contribution in [3.8, 4) is 0 Å². The summed E-state index contributed by atoms with van der Waals surface area (Å²) in [4.78, 5) is 18.3. The van der Waals surface area contributed by atoms with Crippen LogP contribution in [0.3, 0.4) is 0 Å². The summed E-state index contributed by atoms with van der Waals surface area (Å²) < 4.78 is 4.84. The van der Waals surface area contributed by atoms with Crippen molar-refractivity contribution in [3.63, 3.8) is 0 Å². The molecule has 1 atom stereocenters. The van der Waals surface area contributed by atoms with Crippen molar-refractivity contribution in [2.45, 2.75) is 18.9 Å². The van der Waals surface area contributed by atoms with E-state index in [-0.39, 0.29) is 12.5 Å². The Labute approximate surface area is 112 Å². The molecule has 1 aromatic rings. The van der Waals surface area contributed by atoms with Crippen LogP contribution in [0.15, 0.2) is 18.3 Å². The third-order valence-electron chi connectivity index (χ3n) is 3.13. The number of hydrogen-bond acceptors (Lipinski definition) is 5. The van der Waals surface area contributed by atoms with Gasteiger partial charge in [-0.15, -0.1) is 0 Å². The second kappa shape index (κ2) is 6.49. The molecule has 0 bridgehead atoms. The number of nitrogens with two attached hydrogens (primary N) is 1. The molecule has 0 radical (unpaired) electrons. The number of carbonyl (C=O) groups is 1. The third kappa shape index (κ3) is 3.65. The Morgan fingerprint density at radius 1 is 1.53 bits per heavy atom. The van der Waals surface area contributed by atoms with Crippen LogP contribution in [-0.4, -0.2) is 43.7 Å². The van der Waals surface area contributed by atoms with E-state index in [9.17, 15) is 4.79 Å². The maximum atomic E-state index is 11.7. The third-order valence-corrected chi connectivity index (χ3v) is 3.13. The number of ether oxygens (including phenoxy) is 1. The van der Waals surface area contributed by atoms with Crippen molar-refractivity contribution in [1.82, 2.24) is 4.98 Å². The molecule has 1 unspecified atom stereocenters. The standard InChI is InChI=1S/C13H20N4O2/c1-19-9-11(14)13(18)16-10-4-5-12(15-8-10)17-6-2-3-7-17/h4-5,8,11H,2-3,6-7,9,14H2,1H3,(H,16,18). The van der Waals surface area contributed by atoms with Crippen LogP contribution in [0.1, 0.15) is 12.8 Å². The van der Waals surface area contributed by atoms with E-state index in [0.717, 1.165) is 18.9 Å². The van der Waals surface area contributed by atoms with E-state index in [1.807, 2.05) is 12.1 Å². The minimum atomic E-state index is -0.664. The van der Waals surface area contributed by atoms with Gasteiger partial charge in [0.25, 0.3) is 0 Å². The highest BCUT2D eigenvalue weighted by Crippen LogP contribution is 2.18. The van der Waals surface area contributed by atoms with E-state index in [2.05, 4.69) is 15.2 Å². The van der Waals surface area contributed by atoms with Gasteiger partial charge >= 0.3 is 0 Å². The number of aromatic nitrogens is 1. The largest absolute Gasteiger partial charge is 0.383 e. The number of carbonyl (C=O) groups excluding carboxylic acids is 1. The van der Waals surface area contributed by atoms with Crippen LogP contribution in [0, 0.1) is 0 Å². The van der Waals surface area contributed by atoms with Crippen LogP contribution in [-0.2, 0) is 9.53 Å². The lowest BCUT2D eigenvalue weighted by Crippen LogP contribution is -2.39. The van der Waals surface area contributed by atoms with Gasteiger partial charge in [-0.3, -0.25) is 4.79 Å². The molecule has 1 fully saturated rings. The maximum Gasteiger partial charge on any atom is 0.243 e. The second-order valence-corrected chi connectivity index (χ2v) is 4.65. The maximum absolute atomic E-state index is 11.7. The molecular formula is C13H20N4O2. The van der Waals surface area contributed by atoms with Crippen LogP contribution < -0.4 is 16.0 Å². The molecule has 1 saturated heterocycles. The average Bonchev–Trinajstić information content (AvgIpc) is 2.94. The highest BCUT2D eigenvalue weighted by molar-refractivity contribution is 5.94. The number of pyridine rings is 1. The summed E-state index contributed by atoms with van der Waals surface area (Å²) in [6.45, 7) is 2.31. The topological polar surface area (TPSA) is 80.5 Å². The Hall–Kier alpha value is -1.66. The van der Waals surface area contributed by atoms with Gasteiger partial charge in [0.15, 0.2) is 0 Å². The van der Waals surface area contributed by atoms with Gasteiger partial charge in [-0.2, -0.15) is 0 Å². The minimum Gasteiger partial charge on any atom is -0.383 e. The highest BCUT2D eigenvalue weighted by Gasteiger charge is 2.15. The molecule has 0 aliphatic carbocycles. The summed E-state index contributed by atoms with van der Waals surface area (Å²) in [6, 6.07) is 3.10. The molecule has 0 saturated carbocycles. The van der Waals surface area contributed by atoms with Crippen LogP contribution in [0.4, 0.5) is 11.5 Å². The van der Waals surface area contributed by atoms with Gasteiger partial charge in [-0.1, -0.05) is 0 Å². The number of rotatable bonds is 5. The van der Waals surface area contributed by atoms with Crippen LogP contribution >= 0.6 is 0 Å².